The summed E-state index contributed by atoms with van der Waals surface area (Å²) in [5.41, 5.74) is 3.29. The molecule has 3 aromatic carbocycles. The number of aliphatic hydroxyl groups excluding tert-OH is 1. The zero-order chi connectivity index (χ0) is 21.9. The molecule has 1 aliphatic heterocycles. The molecule has 0 saturated carbocycles. The van der Waals surface area contributed by atoms with Crippen LogP contribution in [-0.4, -0.2) is 33.0 Å². The minimum atomic E-state index is -0.790. The molecular weight excluding hydrogens is 394 g/mol. The van der Waals surface area contributed by atoms with Crippen molar-refractivity contribution < 1.29 is 14.7 Å². The molecule has 1 atom stereocenters. The highest BCUT2D eigenvalue weighted by atomic mass is 16.3. The molecule has 4 aromatic rings. The summed E-state index contributed by atoms with van der Waals surface area (Å²) < 4.78 is 0. The second-order valence-corrected chi connectivity index (χ2v) is 7.54. The van der Waals surface area contributed by atoms with Gasteiger partial charge in [0.05, 0.1) is 16.7 Å². The standard InChI is InChI=1S/C24H17N3O4/c1-12-10-18-19(26-24(31)25-18)11-20(12)27-22(29)16-5-3-4-15-14(7-6-13(2)28)8-9-17(21(15)16)23(27)30/h3-5,8-11,13,28H,1-2H3,(H2,25,26,31)/t13-/m1/s1. The van der Waals surface area contributed by atoms with Crippen molar-refractivity contribution >= 4 is 39.3 Å². The van der Waals surface area contributed by atoms with Gasteiger partial charge in [0, 0.05) is 22.1 Å². The quantitative estimate of drug-likeness (QED) is 0.331. The van der Waals surface area contributed by atoms with Gasteiger partial charge in [-0.15, -0.1) is 0 Å². The summed E-state index contributed by atoms with van der Waals surface area (Å²) in [6.45, 7) is 3.35. The summed E-state index contributed by atoms with van der Waals surface area (Å²) >= 11 is 0. The van der Waals surface area contributed by atoms with Crippen molar-refractivity contribution in [2.45, 2.75) is 20.0 Å². The minimum absolute atomic E-state index is 0.358. The number of amides is 2. The molecule has 0 saturated heterocycles. The number of nitrogens with zero attached hydrogens (tertiary/aromatic N) is 1. The van der Waals surface area contributed by atoms with E-state index >= 15 is 0 Å². The van der Waals surface area contributed by atoms with Crippen LogP contribution in [0.3, 0.4) is 0 Å². The van der Waals surface area contributed by atoms with Gasteiger partial charge in [0.15, 0.2) is 0 Å². The number of carbonyl (C=O) groups is 2. The highest BCUT2D eigenvalue weighted by Crippen LogP contribution is 2.36. The molecule has 0 spiro atoms. The second kappa shape index (κ2) is 6.69. The molecule has 0 aliphatic carbocycles. The second-order valence-electron chi connectivity index (χ2n) is 7.54. The largest absolute Gasteiger partial charge is 0.381 e. The predicted molar refractivity (Wildman–Crippen MR) is 117 cm³/mol. The number of fused-ring (bicyclic) bond motifs is 1. The lowest BCUT2D eigenvalue weighted by Gasteiger charge is -2.28. The van der Waals surface area contributed by atoms with E-state index in [4.69, 9.17) is 0 Å². The van der Waals surface area contributed by atoms with Crippen molar-refractivity contribution in [1.29, 1.82) is 0 Å². The molecule has 1 aliphatic rings. The molecule has 0 unspecified atom stereocenters. The van der Waals surface area contributed by atoms with Gasteiger partial charge >= 0.3 is 5.69 Å². The molecule has 7 nitrogen and oxygen atoms in total. The van der Waals surface area contributed by atoms with E-state index in [1.807, 2.05) is 6.07 Å². The molecule has 0 fully saturated rings. The predicted octanol–water partition coefficient (Wildman–Crippen LogP) is 2.85. The van der Waals surface area contributed by atoms with Gasteiger partial charge in [-0.25, -0.2) is 9.69 Å². The first kappa shape index (κ1) is 18.9. The number of aryl methyl sites for hydroxylation is 1. The number of imidazole rings is 1. The number of carbonyl (C=O) groups excluding carboxylic acids is 2. The third-order valence-electron chi connectivity index (χ3n) is 5.40. The van der Waals surface area contributed by atoms with Crippen LogP contribution in [0.4, 0.5) is 5.69 Å². The van der Waals surface area contributed by atoms with Gasteiger partial charge in [0.25, 0.3) is 11.8 Å². The number of H-pyrrole nitrogens is 2. The normalized spacial score (nSPS) is 14.1. The van der Waals surface area contributed by atoms with Crippen molar-refractivity contribution in [2.24, 2.45) is 0 Å². The molecule has 0 radical (unpaired) electrons. The molecule has 7 heteroatoms. The number of benzene rings is 3. The monoisotopic (exact) mass is 411 g/mol. The molecule has 31 heavy (non-hydrogen) atoms. The average Bonchev–Trinajstić information content (AvgIpc) is 3.09. The number of imide groups is 1. The summed E-state index contributed by atoms with van der Waals surface area (Å²) in [6, 6.07) is 12.0. The van der Waals surface area contributed by atoms with Gasteiger partial charge < -0.3 is 15.1 Å². The van der Waals surface area contributed by atoms with Crippen LogP contribution in [0.2, 0.25) is 0 Å². The van der Waals surface area contributed by atoms with Crippen molar-refractivity contribution in [1.82, 2.24) is 9.97 Å². The maximum absolute atomic E-state index is 13.4. The molecule has 1 aromatic heterocycles. The third kappa shape index (κ3) is 2.85. The Bertz CT molecular complexity index is 1520. The number of aromatic amines is 2. The third-order valence-corrected chi connectivity index (χ3v) is 5.40. The number of hydrogen-bond acceptors (Lipinski definition) is 4. The lowest BCUT2D eigenvalue weighted by Crippen LogP contribution is -2.40. The van der Waals surface area contributed by atoms with E-state index < -0.39 is 17.9 Å². The smallest absolute Gasteiger partial charge is 0.323 e. The highest BCUT2D eigenvalue weighted by molar-refractivity contribution is 6.36. The Morgan fingerprint density at radius 3 is 2.35 bits per heavy atom. The number of aliphatic hydroxyl groups is 1. The summed E-state index contributed by atoms with van der Waals surface area (Å²) in [5, 5.41) is 10.7. The zero-order valence-electron chi connectivity index (χ0n) is 16.7. The van der Waals surface area contributed by atoms with Crippen LogP contribution in [0.5, 0.6) is 0 Å². The SMILES string of the molecule is Cc1cc2[nH]c(=O)[nH]c2cc1N1C(=O)c2cccc3c(C#C[C@@H](C)O)ccc(c23)C1=O. The Hall–Kier alpha value is -4.15. The molecule has 5 rings (SSSR count). The molecule has 0 bridgehead atoms. The van der Waals surface area contributed by atoms with Crippen molar-refractivity contribution in [3.63, 3.8) is 0 Å². The first-order chi connectivity index (χ1) is 14.8. The Morgan fingerprint density at radius 2 is 1.65 bits per heavy atom. The first-order valence-corrected chi connectivity index (χ1v) is 9.72. The van der Waals surface area contributed by atoms with Gasteiger partial charge in [0.2, 0.25) is 0 Å². The van der Waals surface area contributed by atoms with E-state index in [9.17, 15) is 19.5 Å². The Kier molecular flexibility index (Phi) is 4.07. The minimum Gasteiger partial charge on any atom is -0.381 e. The Morgan fingerprint density at radius 1 is 0.968 bits per heavy atom. The van der Waals surface area contributed by atoms with Crippen molar-refractivity contribution in [3.8, 4) is 11.8 Å². The average molecular weight is 411 g/mol. The van der Waals surface area contributed by atoms with E-state index in [2.05, 4.69) is 21.8 Å². The molecule has 2 amide bonds. The van der Waals surface area contributed by atoms with Crippen LogP contribution in [-0.2, 0) is 0 Å². The van der Waals surface area contributed by atoms with Gasteiger partial charge in [-0.05, 0) is 55.1 Å². The number of hydrogen-bond donors (Lipinski definition) is 3. The Labute approximate surface area is 176 Å². The number of aromatic nitrogens is 2. The lowest BCUT2D eigenvalue weighted by atomic mass is 9.91. The number of nitrogens with one attached hydrogen (secondary N) is 2. The van der Waals surface area contributed by atoms with Crippen LogP contribution in [0.1, 0.15) is 38.8 Å². The van der Waals surface area contributed by atoms with Gasteiger partial charge in [0.1, 0.15) is 6.10 Å². The summed E-state index contributed by atoms with van der Waals surface area (Å²) in [4.78, 5) is 45.0. The van der Waals surface area contributed by atoms with E-state index in [0.717, 1.165) is 4.90 Å². The Balaban J connectivity index is 1.73. The van der Waals surface area contributed by atoms with E-state index in [-0.39, 0.29) is 5.69 Å². The van der Waals surface area contributed by atoms with Gasteiger partial charge in [-0.1, -0.05) is 24.0 Å². The molecule has 3 N–H and O–H groups in total. The van der Waals surface area contributed by atoms with Crippen LogP contribution >= 0.6 is 0 Å². The molecule has 152 valence electrons. The first-order valence-electron chi connectivity index (χ1n) is 9.72. The van der Waals surface area contributed by atoms with Crippen LogP contribution < -0.4 is 10.6 Å². The summed E-state index contributed by atoms with van der Waals surface area (Å²) in [5.74, 6) is 4.74. The highest BCUT2D eigenvalue weighted by Gasteiger charge is 2.35. The van der Waals surface area contributed by atoms with Crippen molar-refractivity contribution in [3.05, 3.63) is 75.2 Å². The lowest BCUT2D eigenvalue weighted by molar-refractivity contribution is 0.0893. The summed E-state index contributed by atoms with van der Waals surface area (Å²) in [7, 11) is 0. The summed E-state index contributed by atoms with van der Waals surface area (Å²) in [6.07, 6.45) is -0.790. The van der Waals surface area contributed by atoms with Crippen LogP contribution in [0, 0.1) is 18.8 Å². The van der Waals surface area contributed by atoms with E-state index in [1.54, 1.807) is 50.2 Å². The van der Waals surface area contributed by atoms with Crippen molar-refractivity contribution in [2.75, 3.05) is 4.90 Å². The fourth-order valence-electron chi connectivity index (χ4n) is 4.03. The van der Waals surface area contributed by atoms with E-state index in [1.165, 1.54) is 0 Å². The van der Waals surface area contributed by atoms with Gasteiger partial charge in [-0.3, -0.25) is 9.59 Å². The topological polar surface area (TPSA) is 106 Å². The fraction of sp³-hybridized carbons (Fsp3) is 0.125. The van der Waals surface area contributed by atoms with E-state index in [0.29, 0.717) is 49.7 Å². The molecule has 2 heterocycles. The number of anilines is 1. The zero-order valence-corrected chi connectivity index (χ0v) is 16.7. The maximum Gasteiger partial charge on any atom is 0.323 e. The van der Waals surface area contributed by atoms with Crippen LogP contribution in [0.15, 0.2) is 47.3 Å². The fourth-order valence-corrected chi connectivity index (χ4v) is 4.03. The maximum atomic E-state index is 13.4. The number of rotatable bonds is 1. The van der Waals surface area contributed by atoms with Crippen LogP contribution in [0.25, 0.3) is 21.8 Å². The van der Waals surface area contributed by atoms with Gasteiger partial charge in [-0.2, -0.15) is 0 Å². The molecular formula is C24H17N3O4.